The van der Waals surface area contributed by atoms with Crippen LogP contribution < -0.4 is 0 Å². The molecule has 2 aromatic carbocycles. The topological polar surface area (TPSA) is 0 Å². The first-order valence-corrected chi connectivity index (χ1v) is 12.0. The number of aryl methyl sites for hydroxylation is 1. The molecule has 3 rings (SSSR count). The Kier molecular flexibility index (Phi) is 8.65. The fraction of sp³-hybridized carbons (Fsp3) is 0.571. The summed E-state index contributed by atoms with van der Waals surface area (Å²) in [6.07, 6.45) is 16.5. The van der Waals surface area contributed by atoms with E-state index in [9.17, 15) is 0 Å². The van der Waals surface area contributed by atoms with Crippen molar-refractivity contribution in [1.82, 2.24) is 0 Å². The van der Waals surface area contributed by atoms with Crippen LogP contribution in [-0.2, 0) is 6.42 Å². The molecule has 0 bridgehead atoms. The summed E-state index contributed by atoms with van der Waals surface area (Å²) in [5, 5.41) is 0. The predicted molar refractivity (Wildman–Crippen MR) is 124 cm³/mol. The monoisotopic (exact) mass is 376 g/mol. The summed E-state index contributed by atoms with van der Waals surface area (Å²) < 4.78 is 0. The molecule has 2 aromatic rings. The lowest BCUT2D eigenvalue weighted by atomic mass is 9.79. The van der Waals surface area contributed by atoms with Crippen LogP contribution in [0.3, 0.4) is 0 Å². The van der Waals surface area contributed by atoms with Crippen LogP contribution in [-0.4, -0.2) is 0 Å². The van der Waals surface area contributed by atoms with Gasteiger partial charge < -0.3 is 0 Å². The quantitative estimate of drug-likeness (QED) is 0.363. The molecule has 0 atom stereocenters. The van der Waals surface area contributed by atoms with Gasteiger partial charge in [0.15, 0.2) is 0 Å². The maximum absolute atomic E-state index is 2.40. The Labute approximate surface area is 173 Å². The van der Waals surface area contributed by atoms with Crippen LogP contribution in [0.4, 0.5) is 0 Å². The van der Waals surface area contributed by atoms with Gasteiger partial charge in [-0.3, -0.25) is 0 Å². The molecule has 152 valence electrons. The summed E-state index contributed by atoms with van der Waals surface area (Å²) in [7, 11) is 0. The highest BCUT2D eigenvalue weighted by Crippen LogP contribution is 2.36. The van der Waals surface area contributed by atoms with Crippen LogP contribution in [0.15, 0.2) is 48.5 Å². The summed E-state index contributed by atoms with van der Waals surface area (Å²) in [6, 6.07) is 18.7. The average Bonchev–Trinajstić information content (AvgIpc) is 2.74. The summed E-state index contributed by atoms with van der Waals surface area (Å²) in [6.45, 7) is 4.69. The predicted octanol–water partition coefficient (Wildman–Crippen LogP) is 8.94. The highest BCUT2D eigenvalue weighted by molar-refractivity contribution is 5.64. The zero-order valence-electron chi connectivity index (χ0n) is 18.3. The van der Waals surface area contributed by atoms with Gasteiger partial charge >= 0.3 is 0 Å². The van der Waals surface area contributed by atoms with E-state index in [-0.39, 0.29) is 0 Å². The van der Waals surface area contributed by atoms with Crippen LogP contribution in [0.5, 0.6) is 0 Å². The molecule has 28 heavy (non-hydrogen) atoms. The lowest BCUT2D eigenvalue weighted by molar-refractivity contribution is 0.348. The third-order valence-corrected chi connectivity index (χ3v) is 6.75. The summed E-state index contributed by atoms with van der Waals surface area (Å²) in [5.41, 5.74) is 5.75. The molecule has 0 heteroatoms. The summed E-state index contributed by atoms with van der Waals surface area (Å²) >= 11 is 0. The van der Waals surface area contributed by atoms with E-state index in [0.29, 0.717) is 0 Å². The van der Waals surface area contributed by atoms with E-state index < -0.39 is 0 Å². The molecular formula is C28H40. The zero-order chi connectivity index (χ0) is 19.6. The average molecular weight is 377 g/mol. The van der Waals surface area contributed by atoms with Crippen molar-refractivity contribution in [3.63, 3.8) is 0 Å². The SMILES string of the molecule is CCCCCCCCCc1ccc(-c2ccc(C3CCC(C)CC3)cc2)cc1. The molecule has 0 aromatic heterocycles. The van der Waals surface area contributed by atoms with Gasteiger partial charge in [0, 0.05) is 0 Å². The van der Waals surface area contributed by atoms with Gasteiger partial charge in [-0.05, 0) is 59.8 Å². The lowest BCUT2D eigenvalue weighted by Crippen LogP contribution is -2.10. The second kappa shape index (κ2) is 11.4. The fourth-order valence-electron chi connectivity index (χ4n) is 4.69. The first kappa shape index (κ1) is 21.2. The van der Waals surface area contributed by atoms with Crippen molar-refractivity contribution in [3.8, 4) is 11.1 Å². The molecule has 0 saturated heterocycles. The number of rotatable bonds is 10. The molecule has 0 spiro atoms. The van der Waals surface area contributed by atoms with Gasteiger partial charge in [0.05, 0.1) is 0 Å². The first-order chi connectivity index (χ1) is 13.8. The van der Waals surface area contributed by atoms with Gasteiger partial charge in [-0.25, -0.2) is 0 Å². The number of benzene rings is 2. The van der Waals surface area contributed by atoms with Crippen molar-refractivity contribution in [2.75, 3.05) is 0 Å². The molecule has 0 heterocycles. The van der Waals surface area contributed by atoms with Crippen LogP contribution in [0.1, 0.15) is 102 Å². The van der Waals surface area contributed by atoms with Crippen LogP contribution in [0.25, 0.3) is 11.1 Å². The maximum atomic E-state index is 2.40. The Morgan fingerprint density at radius 2 is 1.18 bits per heavy atom. The standard InChI is InChI=1S/C28H40/c1-3-4-5-6-7-8-9-10-24-13-17-26(18-14-24)28-21-19-27(20-22-28)25-15-11-23(2)12-16-25/h13-14,17-23,25H,3-12,15-16H2,1-2H3. The van der Waals surface area contributed by atoms with E-state index >= 15 is 0 Å². The van der Waals surface area contributed by atoms with Crippen molar-refractivity contribution in [1.29, 1.82) is 0 Å². The Morgan fingerprint density at radius 3 is 1.79 bits per heavy atom. The van der Waals surface area contributed by atoms with Crippen molar-refractivity contribution >= 4 is 0 Å². The van der Waals surface area contributed by atoms with Gasteiger partial charge in [0.2, 0.25) is 0 Å². The van der Waals surface area contributed by atoms with Gasteiger partial charge in [-0.15, -0.1) is 0 Å². The molecule has 1 aliphatic carbocycles. The van der Waals surface area contributed by atoms with Crippen molar-refractivity contribution in [3.05, 3.63) is 59.7 Å². The lowest BCUT2D eigenvalue weighted by Gasteiger charge is -2.26. The molecule has 0 N–H and O–H groups in total. The van der Waals surface area contributed by atoms with Crippen molar-refractivity contribution < 1.29 is 0 Å². The Morgan fingerprint density at radius 1 is 0.643 bits per heavy atom. The zero-order valence-corrected chi connectivity index (χ0v) is 18.3. The van der Waals surface area contributed by atoms with Crippen LogP contribution in [0, 0.1) is 5.92 Å². The summed E-state index contributed by atoms with van der Waals surface area (Å²) in [5.74, 6) is 1.71. The van der Waals surface area contributed by atoms with E-state index in [1.54, 1.807) is 5.56 Å². The molecular weight excluding hydrogens is 336 g/mol. The minimum atomic E-state index is 0.787. The highest BCUT2D eigenvalue weighted by atomic mass is 14.2. The third kappa shape index (κ3) is 6.50. The molecule has 1 saturated carbocycles. The molecule has 1 aliphatic rings. The Balaban J connectivity index is 1.45. The van der Waals surface area contributed by atoms with E-state index in [0.717, 1.165) is 11.8 Å². The van der Waals surface area contributed by atoms with Crippen LogP contribution in [0.2, 0.25) is 0 Å². The van der Waals surface area contributed by atoms with E-state index in [4.69, 9.17) is 0 Å². The molecule has 0 nitrogen and oxygen atoms in total. The second-order valence-electron chi connectivity index (χ2n) is 9.15. The molecule has 0 aliphatic heterocycles. The molecule has 0 amide bonds. The van der Waals surface area contributed by atoms with Crippen LogP contribution >= 0.6 is 0 Å². The maximum Gasteiger partial charge on any atom is -0.0162 e. The highest BCUT2D eigenvalue weighted by Gasteiger charge is 2.19. The smallest absolute Gasteiger partial charge is 0.0162 e. The van der Waals surface area contributed by atoms with Crippen molar-refractivity contribution in [2.45, 2.75) is 96.8 Å². The van der Waals surface area contributed by atoms with E-state index in [2.05, 4.69) is 62.4 Å². The van der Waals surface area contributed by atoms with Gasteiger partial charge in [0.25, 0.3) is 0 Å². The van der Waals surface area contributed by atoms with E-state index in [1.807, 2.05) is 0 Å². The van der Waals surface area contributed by atoms with Gasteiger partial charge in [0.1, 0.15) is 0 Å². The largest absolute Gasteiger partial charge is 0.0654 e. The minimum absolute atomic E-state index is 0.787. The molecule has 0 unspecified atom stereocenters. The van der Waals surface area contributed by atoms with Crippen molar-refractivity contribution in [2.24, 2.45) is 5.92 Å². The Bertz CT molecular complexity index is 656. The second-order valence-corrected chi connectivity index (χ2v) is 9.15. The molecule has 0 radical (unpaired) electrons. The number of hydrogen-bond acceptors (Lipinski definition) is 0. The molecule has 1 fully saturated rings. The number of hydrogen-bond donors (Lipinski definition) is 0. The first-order valence-electron chi connectivity index (χ1n) is 12.0. The minimum Gasteiger partial charge on any atom is -0.0654 e. The van der Waals surface area contributed by atoms with Gasteiger partial charge in [-0.2, -0.15) is 0 Å². The van der Waals surface area contributed by atoms with E-state index in [1.165, 1.54) is 93.7 Å². The summed E-state index contributed by atoms with van der Waals surface area (Å²) in [4.78, 5) is 0. The number of unbranched alkanes of at least 4 members (excludes halogenated alkanes) is 6. The normalized spacial score (nSPS) is 19.6. The third-order valence-electron chi connectivity index (χ3n) is 6.75. The van der Waals surface area contributed by atoms with Gasteiger partial charge in [-0.1, -0.05) is 114 Å². The fourth-order valence-corrected chi connectivity index (χ4v) is 4.69. The Hall–Kier alpha value is -1.56.